The zero-order valence-corrected chi connectivity index (χ0v) is 15.7. The molecule has 0 radical (unpaired) electrons. The van der Waals surface area contributed by atoms with Crippen molar-refractivity contribution in [1.82, 2.24) is 4.90 Å². The maximum Gasteiger partial charge on any atom is 0.123 e. The van der Waals surface area contributed by atoms with Crippen LogP contribution in [0.4, 0.5) is 15.8 Å². The number of fused-ring (bicyclic) bond motifs is 1. The van der Waals surface area contributed by atoms with E-state index in [0.29, 0.717) is 16.8 Å². The molecular weight excluding hydrogens is 349 g/mol. The van der Waals surface area contributed by atoms with Crippen LogP contribution in [-0.2, 0) is 12.8 Å². The van der Waals surface area contributed by atoms with Gasteiger partial charge >= 0.3 is 0 Å². The van der Waals surface area contributed by atoms with Crippen molar-refractivity contribution in [3.63, 3.8) is 0 Å². The van der Waals surface area contributed by atoms with E-state index in [4.69, 9.17) is 17.3 Å². The van der Waals surface area contributed by atoms with Gasteiger partial charge in [0.15, 0.2) is 0 Å². The first-order chi connectivity index (χ1) is 12.6. The number of nitrogens with zero attached hydrogens (tertiary/aromatic N) is 2. The molecule has 0 bridgehead atoms. The first-order valence-electron chi connectivity index (χ1n) is 9.41. The SMILES string of the molecule is Nc1cc2c(cc1Cl)CCN2C1CCN(CCc2ccc(F)cc2)CC1. The lowest BCUT2D eigenvalue weighted by atomic mass is 10.0. The van der Waals surface area contributed by atoms with Crippen LogP contribution in [0, 0.1) is 5.82 Å². The molecule has 1 fully saturated rings. The Kier molecular flexibility index (Phi) is 5.05. The minimum atomic E-state index is -0.164. The number of benzene rings is 2. The average Bonchev–Trinajstić information content (AvgIpc) is 3.05. The van der Waals surface area contributed by atoms with Crippen molar-refractivity contribution in [3.05, 3.63) is 58.4 Å². The fourth-order valence-corrected chi connectivity index (χ4v) is 4.41. The summed E-state index contributed by atoms with van der Waals surface area (Å²) in [4.78, 5) is 5.05. The number of hydrogen-bond donors (Lipinski definition) is 1. The second-order valence-electron chi connectivity index (χ2n) is 7.40. The van der Waals surface area contributed by atoms with Crippen LogP contribution in [0.2, 0.25) is 5.02 Å². The maximum absolute atomic E-state index is 13.0. The molecule has 5 heteroatoms. The number of nitrogens with two attached hydrogens (primary N) is 1. The standard InChI is InChI=1S/C21H25ClFN3/c22-19-13-16-6-12-26(21(16)14-20(19)24)18-7-10-25(11-8-18)9-5-15-1-3-17(23)4-2-15/h1-4,13-14,18H,5-12,24H2. The molecule has 0 saturated carbocycles. The van der Waals surface area contributed by atoms with Gasteiger partial charge in [-0.2, -0.15) is 0 Å². The van der Waals surface area contributed by atoms with E-state index in [0.717, 1.165) is 39.0 Å². The fraction of sp³-hybridized carbons (Fsp3) is 0.429. The van der Waals surface area contributed by atoms with Gasteiger partial charge in [0.2, 0.25) is 0 Å². The summed E-state index contributed by atoms with van der Waals surface area (Å²) in [6.07, 6.45) is 4.38. The highest BCUT2D eigenvalue weighted by Crippen LogP contribution is 2.37. The molecule has 2 aromatic carbocycles. The van der Waals surface area contributed by atoms with Gasteiger partial charge in [0.1, 0.15) is 5.82 Å². The molecule has 2 aliphatic rings. The van der Waals surface area contributed by atoms with Crippen LogP contribution in [0.25, 0.3) is 0 Å². The van der Waals surface area contributed by atoms with Crippen molar-refractivity contribution in [3.8, 4) is 0 Å². The lowest BCUT2D eigenvalue weighted by molar-refractivity contribution is 0.212. The lowest BCUT2D eigenvalue weighted by Crippen LogP contribution is -2.45. The Morgan fingerprint density at radius 3 is 2.54 bits per heavy atom. The van der Waals surface area contributed by atoms with Crippen LogP contribution < -0.4 is 10.6 Å². The van der Waals surface area contributed by atoms with E-state index in [2.05, 4.69) is 9.80 Å². The van der Waals surface area contributed by atoms with Crippen LogP contribution >= 0.6 is 11.6 Å². The van der Waals surface area contributed by atoms with Gasteiger partial charge in [-0.1, -0.05) is 23.7 Å². The van der Waals surface area contributed by atoms with Crippen molar-refractivity contribution < 1.29 is 4.39 Å². The van der Waals surface area contributed by atoms with Gasteiger partial charge in [-0.05, 0) is 61.1 Å². The molecule has 26 heavy (non-hydrogen) atoms. The Bertz CT molecular complexity index is 770. The van der Waals surface area contributed by atoms with E-state index in [1.807, 2.05) is 24.3 Å². The highest BCUT2D eigenvalue weighted by Gasteiger charge is 2.29. The Hall–Kier alpha value is -1.78. The molecule has 1 saturated heterocycles. The molecule has 2 aromatic rings. The number of piperidine rings is 1. The average molecular weight is 374 g/mol. The Labute approximate surface area is 159 Å². The van der Waals surface area contributed by atoms with E-state index in [1.165, 1.54) is 29.7 Å². The number of rotatable bonds is 4. The van der Waals surface area contributed by atoms with Crippen LogP contribution in [-0.4, -0.2) is 37.1 Å². The first kappa shape index (κ1) is 17.6. The summed E-state index contributed by atoms with van der Waals surface area (Å²) in [7, 11) is 0. The van der Waals surface area contributed by atoms with Gasteiger partial charge < -0.3 is 15.5 Å². The normalized spacial score (nSPS) is 18.3. The summed E-state index contributed by atoms with van der Waals surface area (Å²) in [6.45, 7) is 4.33. The Morgan fingerprint density at radius 2 is 1.81 bits per heavy atom. The number of halogens is 2. The summed E-state index contributed by atoms with van der Waals surface area (Å²) in [5, 5.41) is 0.668. The maximum atomic E-state index is 13.0. The molecule has 0 spiro atoms. The summed E-state index contributed by atoms with van der Waals surface area (Å²) in [5.41, 5.74) is 10.5. The van der Waals surface area contributed by atoms with Crippen molar-refractivity contribution in [2.75, 3.05) is 36.8 Å². The number of nitrogen functional groups attached to an aromatic ring is 1. The number of likely N-dealkylation sites (tertiary alicyclic amines) is 1. The van der Waals surface area contributed by atoms with E-state index in [1.54, 1.807) is 12.1 Å². The Morgan fingerprint density at radius 1 is 1.08 bits per heavy atom. The second kappa shape index (κ2) is 7.45. The zero-order valence-electron chi connectivity index (χ0n) is 14.9. The topological polar surface area (TPSA) is 32.5 Å². The van der Waals surface area contributed by atoms with E-state index < -0.39 is 0 Å². The fourth-order valence-electron chi connectivity index (χ4n) is 4.22. The molecular formula is C21H25ClFN3. The lowest BCUT2D eigenvalue weighted by Gasteiger charge is -2.38. The molecule has 2 aliphatic heterocycles. The van der Waals surface area contributed by atoms with Gasteiger partial charge in [0.25, 0.3) is 0 Å². The van der Waals surface area contributed by atoms with Gasteiger partial charge in [0.05, 0.1) is 10.7 Å². The minimum Gasteiger partial charge on any atom is -0.397 e. The second-order valence-corrected chi connectivity index (χ2v) is 7.80. The third-order valence-corrected chi connectivity index (χ3v) is 6.08. The first-order valence-corrected chi connectivity index (χ1v) is 9.79. The monoisotopic (exact) mass is 373 g/mol. The molecule has 138 valence electrons. The van der Waals surface area contributed by atoms with Crippen molar-refractivity contribution in [1.29, 1.82) is 0 Å². The number of hydrogen-bond acceptors (Lipinski definition) is 3. The highest BCUT2D eigenvalue weighted by molar-refractivity contribution is 6.33. The minimum absolute atomic E-state index is 0.164. The highest BCUT2D eigenvalue weighted by atomic mass is 35.5. The third kappa shape index (κ3) is 3.67. The quantitative estimate of drug-likeness (QED) is 0.818. The zero-order chi connectivity index (χ0) is 18.1. The molecule has 2 N–H and O–H groups in total. The van der Waals surface area contributed by atoms with Crippen molar-refractivity contribution in [2.45, 2.75) is 31.7 Å². The summed E-state index contributed by atoms with van der Waals surface area (Å²) in [6, 6.07) is 11.5. The van der Waals surface area contributed by atoms with Gasteiger partial charge in [0, 0.05) is 37.9 Å². The van der Waals surface area contributed by atoms with Crippen LogP contribution in [0.3, 0.4) is 0 Å². The smallest absolute Gasteiger partial charge is 0.123 e. The molecule has 0 atom stereocenters. The Balaban J connectivity index is 1.32. The predicted octanol–water partition coefficient (Wildman–Crippen LogP) is 4.13. The summed E-state index contributed by atoms with van der Waals surface area (Å²) < 4.78 is 13.0. The molecule has 0 amide bonds. The molecule has 0 aromatic heterocycles. The molecule has 4 rings (SSSR count). The van der Waals surface area contributed by atoms with E-state index >= 15 is 0 Å². The molecule has 2 heterocycles. The van der Waals surface area contributed by atoms with E-state index in [9.17, 15) is 4.39 Å². The van der Waals surface area contributed by atoms with Crippen molar-refractivity contribution in [2.24, 2.45) is 0 Å². The number of anilines is 2. The van der Waals surface area contributed by atoms with Crippen LogP contribution in [0.1, 0.15) is 24.0 Å². The molecule has 3 nitrogen and oxygen atoms in total. The van der Waals surface area contributed by atoms with Gasteiger partial charge in [-0.15, -0.1) is 0 Å². The van der Waals surface area contributed by atoms with Gasteiger partial charge in [-0.25, -0.2) is 4.39 Å². The molecule has 0 aliphatic carbocycles. The van der Waals surface area contributed by atoms with Crippen LogP contribution in [0.15, 0.2) is 36.4 Å². The third-order valence-electron chi connectivity index (χ3n) is 5.76. The van der Waals surface area contributed by atoms with Gasteiger partial charge in [-0.3, -0.25) is 0 Å². The summed E-state index contributed by atoms with van der Waals surface area (Å²) >= 11 is 6.17. The summed E-state index contributed by atoms with van der Waals surface area (Å²) in [5.74, 6) is -0.164. The van der Waals surface area contributed by atoms with Crippen molar-refractivity contribution >= 4 is 23.0 Å². The predicted molar refractivity (Wildman–Crippen MR) is 106 cm³/mol. The molecule has 0 unspecified atom stereocenters. The van der Waals surface area contributed by atoms with Crippen LogP contribution in [0.5, 0.6) is 0 Å². The van der Waals surface area contributed by atoms with E-state index in [-0.39, 0.29) is 5.82 Å². The largest absolute Gasteiger partial charge is 0.397 e.